The summed E-state index contributed by atoms with van der Waals surface area (Å²) in [5.74, 6) is -1.22. The Morgan fingerprint density at radius 3 is 2.36 bits per heavy atom. The van der Waals surface area contributed by atoms with Crippen LogP contribution >= 0.6 is 0 Å². The summed E-state index contributed by atoms with van der Waals surface area (Å²) in [6.45, 7) is 3.49. The number of methoxy groups -OCH3 is 1. The molecule has 0 aromatic heterocycles. The monoisotopic (exact) mass is 162 g/mol. The van der Waals surface area contributed by atoms with E-state index in [4.69, 9.17) is 14.9 Å². The van der Waals surface area contributed by atoms with Gasteiger partial charge in [0.15, 0.2) is 6.10 Å². The standard InChI is InChI=1S/C7H14O4/c1-7(2,4-11-3)5(8)6(9)10/h5,8H,4H2,1-3H3,(H,9,10). The topological polar surface area (TPSA) is 66.8 Å². The molecule has 0 saturated carbocycles. The van der Waals surface area contributed by atoms with Crippen LogP contribution in [0.5, 0.6) is 0 Å². The number of carboxylic acid groups (broad SMARTS) is 1. The van der Waals surface area contributed by atoms with Crippen molar-refractivity contribution in [3.05, 3.63) is 0 Å². The van der Waals surface area contributed by atoms with Crippen LogP contribution in [-0.2, 0) is 9.53 Å². The van der Waals surface area contributed by atoms with Crippen molar-refractivity contribution in [1.82, 2.24) is 0 Å². The molecule has 0 rings (SSSR count). The van der Waals surface area contributed by atoms with Crippen molar-refractivity contribution in [1.29, 1.82) is 0 Å². The molecule has 1 atom stereocenters. The van der Waals surface area contributed by atoms with Gasteiger partial charge < -0.3 is 14.9 Å². The largest absolute Gasteiger partial charge is 0.479 e. The van der Waals surface area contributed by atoms with Crippen LogP contribution in [0.25, 0.3) is 0 Å². The van der Waals surface area contributed by atoms with Gasteiger partial charge in [0.25, 0.3) is 0 Å². The lowest BCUT2D eigenvalue weighted by Gasteiger charge is -2.26. The van der Waals surface area contributed by atoms with Crippen LogP contribution in [0.4, 0.5) is 0 Å². The maximum Gasteiger partial charge on any atom is 0.333 e. The number of carboxylic acids is 1. The Balaban J connectivity index is 4.16. The second kappa shape index (κ2) is 3.69. The minimum atomic E-state index is -1.37. The maximum absolute atomic E-state index is 10.3. The molecule has 66 valence electrons. The minimum Gasteiger partial charge on any atom is -0.479 e. The minimum absolute atomic E-state index is 0.223. The molecule has 0 aliphatic rings. The van der Waals surface area contributed by atoms with E-state index in [1.54, 1.807) is 13.8 Å². The van der Waals surface area contributed by atoms with Gasteiger partial charge in [-0.1, -0.05) is 13.8 Å². The molecule has 0 aromatic carbocycles. The van der Waals surface area contributed by atoms with E-state index in [1.165, 1.54) is 7.11 Å². The molecule has 4 nitrogen and oxygen atoms in total. The smallest absolute Gasteiger partial charge is 0.333 e. The molecule has 0 aliphatic heterocycles. The predicted octanol–water partition coefficient (Wildman–Crippen LogP) is 0.104. The molecule has 0 heterocycles. The summed E-state index contributed by atoms with van der Waals surface area (Å²) < 4.78 is 4.75. The van der Waals surface area contributed by atoms with E-state index in [0.29, 0.717) is 0 Å². The Bertz CT molecular complexity index is 141. The van der Waals surface area contributed by atoms with Crippen LogP contribution in [0.1, 0.15) is 13.8 Å². The molecular weight excluding hydrogens is 148 g/mol. The number of hydrogen-bond donors (Lipinski definition) is 2. The highest BCUT2D eigenvalue weighted by Gasteiger charge is 2.33. The molecule has 0 aromatic rings. The summed E-state index contributed by atoms with van der Waals surface area (Å²) in [6, 6.07) is 0. The van der Waals surface area contributed by atoms with Gasteiger partial charge in [-0.25, -0.2) is 4.79 Å². The summed E-state index contributed by atoms with van der Waals surface area (Å²) >= 11 is 0. The van der Waals surface area contributed by atoms with E-state index in [1.807, 2.05) is 0 Å². The molecule has 4 heteroatoms. The van der Waals surface area contributed by atoms with Crippen molar-refractivity contribution in [2.24, 2.45) is 5.41 Å². The average molecular weight is 162 g/mol. The number of aliphatic hydroxyl groups is 1. The number of aliphatic carboxylic acids is 1. The van der Waals surface area contributed by atoms with E-state index in [-0.39, 0.29) is 6.61 Å². The molecular formula is C7H14O4. The molecule has 0 fully saturated rings. The molecule has 0 aliphatic carbocycles. The van der Waals surface area contributed by atoms with E-state index in [2.05, 4.69) is 0 Å². The lowest BCUT2D eigenvalue weighted by atomic mass is 9.87. The Morgan fingerprint density at radius 2 is 2.09 bits per heavy atom. The summed E-state index contributed by atoms with van der Waals surface area (Å²) in [5, 5.41) is 17.5. The fourth-order valence-electron chi connectivity index (χ4n) is 0.785. The molecule has 0 spiro atoms. The van der Waals surface area contributed by atoms with Crippen molar-refractivity contribution in [2.75, 3.05) is 13.7 Å². The lowest BCUT2D eigenvalue weighted by molar-refractivity contribution is -0.155. The van der Waals surface area contributed by atoms with Gasteiger partial charge in [0, 0.05) is 12.5 Å². The average Bonchev–Trinajstić information content (AvgIpc) is 1.86. The number of carbonyl (C=O) groups is 1. The van der Waals surface area contributed by atoms with Gasteiger partial charge in [-0.15, -0.1) is 0 Å². The van der Waals surface area contributed by atoms with Crippen molar-refractivity contribution < 1.29 is 19.7 Å². The molecule has 0 radical (unpaired) electrons. The summed E-state index contributed by atoms with van der Waals surface area (Å²) in [6.07, 6.45) is -1.37. The van der Waals surface area contributed by atoms with E-state index in [9.17, 15) is 4.79 Å². The van der Waals surface area contributed by atoms with E-state index >= 15 is 0 Å². The summed E-state index contributed by atoms with van der Waals surface area (Å²) in [7, 11) is 1.47. The van der Waals surface area contributed by atoms with Crippen LogP contribution in [0, 0.1) is 5.41 Å². The first-order valence-corrected chi connectivity index (χ1v) is 3.31. The van der Waals surface area contributed by atoms with Gasteiger partial charge >= 0.3 is 5.97 Å². The van der Waals surface area contributed by atoms with Crippen LogP contribution in [0.2, 0.25) is 0 Å². The Kier molecular flexibility index (Phi) is 3.48. The fourth-order valence-corrected chi connectivity index (χ4v) is 0.785. The van der Waals surface area contributed by atoms with Gasteiger partial charge in [-0.3, -0.25) is 0 Å². The zero-order valence-corrected chi connectivity index (χ0v) is 7.00. The third kappa shape index (κ3) is 2.86. The first-order valence-electron chi connectivity index (χ1n) is 3.31. The van der Waals surface area contributed by atoms with Crippen molar-refractivity contribution in [3.63, 3.8) is 0 Å². The molecule has 2 N–H and O–H groups in total. The number of rotatable bonds is 4. The molecule has 1 unspecified atom stereocenters. The number of ether oxygens (including phenoxy) is 1. The Labute approximate surface area is 65.8 Å². The normalized spacial score (nSPS) is 14.5. The van der Waals surface area contributed by atoms with Gasteiger partial charge in [-0.2, -0.15) is 0 Å². The highest BCUT2D eigenvalue weighted by Crippen LogP contribution is 2.20. The predicted molar refractivity (Wildman–Crippen MR) is 39.3 cm³/mol. The second-order valence-corrected chi connectivity index (χ2v) is 3.16. The first-order chi connectivity index (χ1) is 4.91. The quantitative estimate of drug-likeness (QED) is 0.615. The maximum atomic E-state index is 10.3. The number of aliphatic hydroxyl groups excluding tert-OH is 1. The molecule has 0 bridgehead atoms. The van der Waals surface area contributed by atoms with Crippen LogP contribution in [0.15, 0.2) is 0 Å². The fraction of sp³-hybridized carbons (Fsp3) is 0.857. The third-order valence-electron chi connectivity index (χ3n) is 1.49. The zero-order valence-electron chi connectivity index (χ0n) is 7.00. The second-order valence-electron chi connectivity index (χ2n) is 3.16. The summed E-state index contributed by atoms with van der Waals surface area (Å²) in [4.78, 5) is 10.3. The number of hydrogen-bond acceptors (Lipinski definition) is 3. The third-order valence-corrected chi connectivity index (χ3v) is 1.49. The Morgan fingerprint density at radius 1 is 1.64 bits per heavy atom. The van der Waals surface area contributed by atoms with Crippen LogP contribution in [-0.4, -0.2) is 36.0 Å². The summed E-state index contributed by atoms with van der Waals surface area (Å²) in [5.41, 5.74) is -0.736. The zero-order chi connectivity index (χ0) is 9.07. The van der Waals surface area contributed by atoms with Gasteiger partial charge in [0.1, 0.15) is 0 Å². The van der Waals surface area contributed by atoms with Gasteiger partial charge in [-0.05, 0) is 0 Å². The molecule has 11 heavy (non-hydrogen) atoms. The van der Waals surface area contributed by atoms with Crippen molar-refractivity contribution in [3.8, 4) is 0 Å². The first kappa shape index (κ1) is 10.4. The highest BCUT2D eigenvalue weighted by molar-refractivity contribution is 5.72. The van der Waals surface area contributed by atoms with Gasteiger partial charge in [0.05, 0.1) is 6.61 Å². The van der Waals surface area contributed by atoms with E-state index < -0.39 is 17.5 Å². The van der Waals surface area contributed by atoms with Gasteiger partial charge in [0.2, 0.25) is 0 Å². The highest BCUT2D eigenvalue weighted by atomic mass is 16.5. The van der Waals surface area contributed by atoms with E-state index in [0.717, 1.165) is 0 Å². The van der Waals surface area contributed by atoms with Crippen LogP contribution in [0.3, 0.4) is 0 Å². The molecule has 0 saturated heterocycles. The molecule has 0 amide bonds. The van der Waals surface area contributed by atoms with Crippen LogP contribution < -0.4 is 0 Å². The SMILES string of the molecule is COCC(C)(C)C(O)C(=O)O. The van der Waals surface area contributed by atoms with Crippen molar-refractivity contribution >= 4 is 5.97 Å². The van der Waals surface area contributed by atoms with Crippen molar-refractivity contribution in [2.45, 2.75) is 20.0 Å². The lowest BCUT2D eigenvalue weighted by Crippen LogP contribution is -2.39. The Hall–Kier alpha value is -0.610.